The number of carbonyl (C=O) groups is 1. The van der Waals surface area contributed by atoms with E-state index in [1.54, 1.807) is 13.8 Å². The molecule has 1 aromatic heterocycles. The van der Waals surface area contributed by atoms with Crippen LogP contribution < -0.4 is 0 Å². The maximum atomic E-state index is 13.1. The summed E-state index contributed by atoms with van der Waals surface area (Å²) in [6.45, 7) is 3.21. The van der Waals surface area contributed by atoms with E-state index in [2.05, 4.69) is 10.1 Å². The van der Waals surface area contributed by atoms with Crippen molar-refractivity contribution < 1.29 is 27.2 Å². The fourth-order valence-corrected chi connectivity index (χ4v) is 2.67. The van der Waals surface area contributed by atoms with Crippen molar-refractivity contribution in [3.05, 3.63) is 47.1 Å². The number of nitrogens with zero attached hydrogens (tertiary/aromatic N) is 2. The Balaban J connectivity index is 1.68. The van der Waals surface area contributed by atoms with Crippen LogP contribution in [0.15, 0.2) is 28.8 Å². The Morgan fingerprint density at radius 1 is 1.38 bits per heavy atom. The average Bonchev–Trinajstić information content (AvgIpc) is 3.20. The highest BCUT2D eigenvalue weighted by Gasteiger charge is 2.49. The summed E-state index contributed by atoms with van der Waals surface area (Å²) in [6.07, 6.45) is -4.85. The van der Waals surface area contributed by atoms with E-state index in [9.17, 15) is 18.0 Å². The van der Waals surface area contributed by atoms with Crippen LogP contribution in [0.3, 0.4) is 0 Å². The van der Waals surface area contributed by atoms with Crippen LogP contribution in [0.5, 0.6) is 0 Å². The molecule has 0 aliphatic heterocycles. The second-order valence-electron chi connectivity index (χ2n) is 5.79. The summed E-state index contributed by atoms with van der Waals surface area (Å²) >= 11 is 0. The van der Waals surface area contributed by atoms with Gasteiger partial charge in [-0.1, -0.05) is 23.4 Å². The van der Waals surface area contributed by atoms with E-state index in [1.165, 1.54) is 18.2 Å². The van der Waals surface area contributed by atoms with Crippen LogP contribution in [-0.4, -0.2) is 16.1 Å². The summed E-state index contributed by atoms with van der Waals surface area (Å²) < 4.78 is 49.3. The fourth-order valence-electron chi connectivity index (χ4n) is 2.67. The van der Waals surface area contributed by atoms with E-state index in [1.807, 2.05) is 0 Å². The molecule has 1 aliphatic rings. The van der Waals surface area contributed by atoms with Gasteiger partial charge in [0.1, 0.15) is 0 Å². The van der Waals surface area contributed by atoms with Crippen molar-refractivity contribution >= 4 is 5.97 Å². The predicted molar refractivity (Wildman–Crippen MR) is 75.8 cm³/mol. The molecule has 5 nitrogen and oxygen atoms in total. The third-order valence-corrected chi connectivity index (χ3v) is 3.94. The van der Waals surface area contributed by atoms with Gasteiger partial charge < -0.3 is 9.26 Å². The Morgan fingerprint density at radius 2 is 2.08 bits per heavy atom. The van der Waals surface area contributed by atoms with Crippen molar-refractivity contribution in [2.45, 2.75) is 38.5 Å². The number of rotatable bonds is 4. The molecule has 3 rings (SSSR count). The van der Waals surface area contributed by atoms with Crippen LogP contribution in [-0.2, 0) is 15.7 Å². The summed E-state index contributed by atoms with van der Waals surface area (Å²) in [6, 6.07) is 5.31. The van der Waals surface area contributed by atoms with Crippen LogP contribution in [0.2, 0.25) is 0 Å². The molecule has 1 heterocycles. The molecular weight excluding hydrogens is 325 g/mol. The zero-order valence-electron chi connectivity index (χ0n) is 13.0. The second kappa shape index (κ2) is 5.92. The molecule has 24 heavy (non-hydrogen) atoms. The number of aryl methyl sites for hydroxylation is 1. The maximum absolute atomic E-state index is 13.1. The molecule has 0 spiro atoms. The number of ether oxygens (including phenoxy) is 1. The Bertz CT molecular complexity index is 757. The summed E-state index contributed by atoms with van der Waals surface area (Å²) in [5.41, 5.74) is -0.570. The molecule has 1 aromatic carbocycles. The quantitative estimate of drug-likeness (QED) is 0.792. The zero-order chi connectivity index (χ0) is 17.5. The highest BCUT2D eigenvalue weighted by molar-refractivity contribution is 5.77. The smallest absolute Gasteiger partial charge is 0.416 e. The molecule has 0 radical (unpaired) electrons. The lowest BCUT2D eigenvalue weighted by atomic mass is 10.0. The van der Waals surface area contributed by atoms with Crippen molar-refractivity contribution in [3.63, 3.8) is 0 Å². The molecular formula is C16H15F3N2O3. The summed E-state index contributed by atoms with van der Waals surface area (Å²) in [7, 11) is 0. The standard InChI is InChI=1S/C16H15F3N2O3/c1-8(14-20-9(2)21-24-14)23-15(22)12-7-11(12)10-5-3-4-6-13(10)16(17,18)19/h3-6,8,11-12H,7H2,1-2H3. The number of aromatic nitrogens is 2. The minimum absolute atomic E-state index is 0.133. The first-order chi connectivity index (χ1) is 11.3. The molecule has 1 fully saturated rings. The van der Waals surface area contributed by atoms with Crippen molar-refractivity contribution in [1.82, 2.24) is 10.1 Å². The van der Waals surface area contributed by atoms with E-state index in [-0.39, 0.29) is 11.5 Å². The lowest BCUT2D eigenvalue weighted by molar-refractivity contribution is -0.151. The van der Waals surface area contributed by atoms with Crippen LogP contribution in [0.1, 0.15) is 48.2 Å². The predicted octanol–water partition coefficient (Wildman–Crippen LogP) is 3.80. The van der Waals surface area contributed by atoms with E-state index in [4.69, 9.17) is 9.26 Å². The van der Waals surface area contributed by atoms with Gasteiger partial charge >= 0.3 is 12.1 Å². The highest BCUT2D eigenvalue weighted by Crippen LogP contribution is 2.51. The highest BCUT2D eigenvalue weighted by atomic mass is 19.4. The molecule has 128 valence electrons. The normalized spacial score (nSPS) is 21.4. The molecule has 8 heteroatoms. The summed E-state index contributed by atoms with van der Waals surface area (Å²) in [5.74, 6) is -1.04. The maximum Gasteiger partial charge on any atom is 0.416 e. The van der Waals surface area contributed by atoms with Crippen molar-refractivity contribution in [1.29, 1.82) is 0 Å². The number of halogens is 3. The van der Waals surface area contributed by atoms with Crippen LogP contribution in [0.4, 0.5) is 13.2 Å². The Kier molecular flexibility index (Phi) is 4.06. The van der Waals surface area contributed by atoms with Gasteiger partial charge in [0, 0.05) is 0 Å². The third-order valence-electron chi connectivity index (χ3n) is 3.94. The van der Waals surface area contributed by atoms with Gasteiger partial charge in [-0.05, 0) is 37.8 Å². The molecule has 0 N–H and O–H groups in total. The van der Waals surface area contributed by atoms with Crippen LogP contribution >= 0.6 is 0 Å². The fraction of sp³-hybridized carbons (Fsp3) is 0.438. The third kappa shape index (κ3) is 3.27. The first-order valence-electron chi connectivity index (χ1n) is 7.44. The first kappa shape index (κ1) is 16.5. The van der Waals surface area contributed by atoms with Gasteiger partial charge in [0.25, 0.3) is 5.89 Å². The molecule has 0 saturated heterocycles. The Labute approximate surface area is 135 Å². The monoisotopic (exact) mass is 340 g/mol. The van der Waals surface area contributed by atoms with Gasteiger partial charge in [-0.3, -0.25) is 4.79 Å². The Hall–Kier alpha value is -2.38. The van der Waals surface area contributed by atoms with E-state index >= 15 is 0 Å². The molecule has 3 unspecified atom stereocenters. The first-order valence-corrected chi connectivity index (χ1v) is 7.44. The zero-order valence-corrected chi connectivity index (χ0v) is 13.0. The minimum atomic E-state index is -4.44. The number of alkyl halides is 3. The van der Waals surface area contributed by atoms with Gasteiger partial charge in [0.2, 0.25) is 0 Å². The largest absolute Gasteiger partial charge is 0.452 e. The van der Waals surface area contributed by atoms with Gasteiger partial charge in [-0.25, -0.2) is 0 Å². The van der Waals surface area contributed by atoms with Gasteiger partial charge in [0.05, 0.1) is 11.5 Å². The van der Waals surface area contributed by atoms with E-state index in [0.29, 0.717) is 12.2 Å². The van der Waals surface area contributed by atoms with Gasteiger partial charge in [-0.15, -0.1) is 0 Å². The van der Waals surface area contributed by atoms with Crippen LogP contribution in [0, 0.1) is 12.8 Å². The number of esters is 1. The van der Waals surface area contributed by atoms with Gasteiger partial charge in [0.15, 0.2) is 11.9 Å². The summed E-state index contributed by atoms with van der Waals surface area (Å²) in [4.78, 5) is 16.1. The molecule has 1 aliphatic carbocycles. The molecule has 0 bridgehead atoms. The Morgan fingerprint density at radius 3 is 2.71 bits per heavy atom. The van der Waals surface area contributed by atoms with Crippen molar-refractivity contribution in [2.24, 2.45) is 5.92 Å². The molecule has 2 aromatic rings. The lowest BCUT2D eigenvalue weighted by Gasteiger charge is -2.13. The number of hydrogen-bond acceptors (Lipinski definition) is 5. The minimum Gasteiger partial charge on any atom is -0.452 e. The SMILES string of the molecule is Cc1noc(C(C)OC(=O)C2CC2c2ccccc2C(F)(F)F)n1. The van der Waals surface area contributed by atoms with E-state index < -0.39 is 35.6 Å². The van der Waals surface area contributed by atoms with Crippen molar-refractivity contribution in [3.8, 4) is 0 Å². The summed E-state index contributed by atoms with van der Waals surface area (Å²) in [5, 5.41) is 3.60. The average molecular weight is 340 g/mol. The van der Waals surface area contributed by atoms with Gasteiger partial charge in [-0.2, -0.15) is 18.2 Å². The number of carbonyl (C=O) groups excluding carboxylic acids is 1. The molecule has 0 amide bonds. The number of benzene rings is 1. The molecule has 1 saturated carbocycles. The number of hydrogen-bond donors (Lipinski definition) is 0. The van der Waals surface area contributed by atoms with E-state index in [0.717, 1.165) is 6.07 Å². The van der Waals surface area contributed by atoms with Crippen molar-refractivity contribution in [2.75, 3.05) is 0 Å². The lowest BCUT2D eigenvalue weighted by Crippen LogP contribution is -2.13. The second-order valence-corrected chi connectivity index (χ2v) is 5.79. The topological polar surface area (TPSA) is 65.2 Å². The van der Waals surface area contributed by atoms with Crippen LogP contribution in [0.25, 0.3) is 0 Å². The molecule has 3 atom stereocenters.